The maximum Gasteiger partial charge on any atom is 0.226 e. The molecule has 5 heteroatoms. The van der Waals surface area contributed by atoms with E-state index in [2.05, 4.69) is 10.3 Å². The van der Waals surface area contributed by atoms with E-state index in [1.54, 1.807) is 6.07 Å². The molecule has 2 aromatic rings. The number of halogens is 1. The van der Waals surface area contributed by atoms with Crippen molar-refractivity contribution in [3.05, 3.63) is 24.0 Å². The monoisotopic (exact) mass is 252 g/mol. The highest BCUT2D eigenvalue weighted by Gasteiger charge is 2.09. The minimum absolute atomic E-state index is 0.0560. The summed E-state index contributed by atoms with van der Waals surface area (Å²) in [6.45, 7) is 3.96. The third-order valence-corrected chi connectivity index (χ3v) is 3.12. The molecule has 1 aromatic carbocycles. The second kappa shape index (κ2) is 4.79. The molecular formula is C12H13FN2OS. The Kier molecular flexibility index (Phi) is 3.38. The SMILES string of the molecule is CC(C)CC(=O)Nc1nc2ccc(F)cc2s1. The van der Waals surface area contributed by atoms with E-state index in [0.717, 1.165) is 4.70 Å². The normalized spacial score (nSPS) is 11.1. The van der Waals surface area contributed by atoms with Crippen LogP contribution in [0.4, 0.5) is 9.52 Å². The summed E-state index contributed by atoms with van der Waals surface area (Å²) >= 11 is 1.28. The topological polar surface area (TPSA) is 42.0 Å². The molecule has 1 N–H and O–H groups in total. The van der Waals surface area contributed by atoms with Gasteiger partial charge in [-0.25, -0.2) is 9.37 Å². The molecule has 17 heavy (non-hydrogen) atoms. The van der Waals surface area contributed by atoms with Crippen LogP contribution in [0.25, 0.3) is 10.2 Å². The van der Waals surface area contributed by atoms with Crippen LogP contribution in [0.15, 0.2) is 18.2 Å². The number of benzene rings is 1. The number of carbonyl (C=O) groups excluding carboxylic acids is 1. The van der Waals surface area contributed by atoms with Crippen LogP contribution in [-0.2, 0) is 4.79 Å². The predicted molar refractivity (Wildman–Crippen MR) is 67.7 cm³/mol. The molecule has 1 heterocycles. The zero-order valence-electron chi connectivity index (χ0n) is 9.66. The van der Waals surface area contributed by atoms with Crippen LogP contribution in [-0.4, -0.2) is 10.9 Å². The molecule has 0 aliphatic heterocycles. The maximum absolute atomic E-state index is 13.0. The highest BCUT2D eigenvalue weighted by molar-refractivity contribution is 7.22. The van der Waals surface area contributed by atoms with Gasteiger partial charge in [0.1, 0.15) is 5.82 Å². The van der Waals surface area contributed by atoms with E-state index in [-0.39, 0.29) is 11.7 Å². The number of nitrogens with one attached hydrogen (secondary N) is 1. The number of carbonyl (C=O) groups is 1. The molecule has 0 spiro atoms. The molecule has 3 nitrogen and oxygen atoms in total. The number of hydrogen-bond donors (Lipinski definition) is 1. The van der Waals surface area contributed by atoms with Crippen molar-refractivity contribution in [1.29, 1.82) is 0 Å². The molecule has 0 fully saturated rings. The summed E-state index contributed by atoms with van der Waals surface area (Å²) in [7, 11) is 0. The van der Waals surface area contributed by atoms with Crippen molar-refractivity contribution in [2.24, 2.45) is 5.92 Å². The minimum atomic E-state index is -0.291. The van der Waals surface area contributed by atoms with Gasteiger partial charge in [0.2, 0.25) is 5.91 Å². The van der Waals surface area contributed by atoms with Gasteiger partial charge in [0, 0.05) is 6.42 Å². The van der Waals surface area contributed by atoms with Gasteiger partial charge in [-0.15, -0.1) is 0 Å². The first kappa shape index (κ1) is 12.0. The smallest absolute Gasteiger partial charge is 0.226 e. The third-order valence-electron chi connectivity index (χ3n) is 2.19. The zero-order chi connectivity index (χ0) is 12.4. The molecule has 1 amide bonds. The average molecular weight is 252 g/mol. The predicted octanol–water partition coefficient (Wildman–Crippen LogP) is 3.42. The van der Waals surface area contributed by atoms with Crippen molar-refractivity contribution < 1.29 is 9.18 Å². The molecule has 0 saturated heterocycles. The fourth-order valence-electron chi connectivity index (χ4n) is 1.49. The van der Waals surface area contributed by atoms with Crippen LogP contribution >= 0.6 is 11.3 Å². The van der Waals surface area contributed by atoms with E-state index in [4.69, 9.17) is 0 Å². The lowest BCUT2D eigenvalue weighted by Gasteiger charge is -2.03. The number of anilines is 1. The molecule has 0 atom stereocenters. The fraction of sp³-hybridized carbons (Fsp3) is 0.333. The van der Waals surface area contributed by atoms with E-state index in [0.29, 0.717) is 23.0 Å². The molecule has 0 aliphatic carbocycles. The van der Waals surface area contributed by atoms with Crippen molar-refractivity contribution in [3.8, 4) is 0 Å². The summed E-state index contributed by atoms with van der Waals surface area (Å²) in [4.78, 5) is 15.8. The number of rotatable bonds is 3. The van der Waals surface area contributed by atoms with Gasteiger partial charge >= 0.3 is 0 Å². The zero-order valence-corrected chi connectivity index (χ0v) is 10.5. The molecular weight excluding hydrogens is 239 g/mol. The van der Waals surface area contributed by atoms with Crippen LogP contribution in [0.3, 0.4) is 0 Å². The molecule has 0 aliphatic rings. The Balaban J connectivity index is 2.17. The van der Waals surface area contributed by atoms with Crippen LogP contribution in [0, 0.1) is 11.7 Å². The van der Waals surface area contributed by atoms with E-state index >= 15 is 0 Å². The number of nitrogens with zero attached hydrogens (tertiary/aromatic N) is 1. The quantitative estimate of drug-likeness (QED) is 0.909. The lowest BCUT2D eigenvalue weighted by Crippen LogP contribution is -2.13. The van der Waals surface area contributed by atoms with Gasteiger partial charge in [0.25, 0.3) is 0 Å². The van der Waals surface area contributed by atoms with Crippen LogP contribution in [0.2, 0.25) is 0 Å². The van der Waals surface area contributed by atoms with Crippen LogP contribution in [0.5, 0.6) is 0 Å². The van der Waals surface area contributed by atoms with E-state index in [1.165, 1.54) is 23.5 Å². The first-order valence-electron chi connectivity index (χ1n) is 5.40. The Hall–Kier alpha value is -1.49. The van der Waals surface area contributed by atoms with E-state index in [9.17, 15) is 9.18 Å². The number of aromatic nitrogens is 1. The Morgan fingerprint density at radius 3 is 3.00 bits per heavy atom. The Bertz CT molecular complexity index is 550. The fourth-order valence-corrected chi connectivity index (χ4v) is 2.40. The summed E-state index contributed by atoms with van der Waals surface area (Å²) in [6, 6.07) is 4.39. The first-order valence-corrected chi connectivity index (χ1v) is 6.22. The molecule has 0 unspecified atom stereocenters. The summed E-state index contributed by atoms with van der Waals surface area (Å²) in [6.07, 6.45) is 0.463. The summed E-state index contributed by atoms with van der Waals surface area (Å²) in [5.74, 6) is -0.0393. The first-order chi connectivity index (χ1) is 8.04. The van der Waals surface area contributed by atoms with E-state index < -0.39 is 0 Å². The number of thiazole rings is 1. The Labute approximate surface area is 103 Å². The highest BCUT2D eigenvalue weighted by Crippen LogP contribution is 2.26. The van der Waals surface area contributed by atoms with Gasteiger partial charge in [0.05, 0.1) is 10.2 Å². The summed E-state index contributed by atoms with van der Waals surface area (Å²) in [5, 5.41) is 3.25. The van der Waals surface area contributed by atoms with Crippen molar-refractivity contribution >= 4 is 32.6 Å². The van der Waals surface area contributed by atoms with Gasteiger partial charge < -0.3 is 5.32 Å². The van der Waals surface area contributed by atoms with E-state index in [1.807, 2.05) is 13.8 Å². The van der Waals surface area contributed by atoms with Crippen molar-refractivity contribution in [2.75, 3.05) is 5.32 Å². The molecule has 90 valence electrons. The van der Waals surface area contributed by atoms with Crippen molar-refractivity contribution in [3.63, 3.8) is 0 Å². The Morgan fingerprint density at radius 1 is 1.53 bits per heavy atom. The molecule has 0 saturated carbocycles. The second-order valence-corrected chi connectivity index (χ2v) is 5.31. The van der Waals surface area contributed by atoms with Gasteiger partial charge in [-0.3, -0.25) is 4.79 Å². The molecule has 1 aromatic heterocycles. The minimum Gasteiger partial charge on any atom is -0.302 e. The Morgan fingerprint density at radius 2 is 2.29 bits per heavy atom. The van der Waals surface area contributed by atoms with Gasteiger partial charge in [-0.1, -0.05) is 25.2 Å². The lowest BCUT2D eigenvalue weighted by molar-refractivity contribution is -0.116. The number of amides is 1. The molecule has 0 bridgehead atoms. The van der Waals surface area contributed by atoms with Gasteiger partial charge in [-0.05, 0) is 24.1 Å². The van der Waals surface area contributed by atoms with Crippen LogP contribution < -0.4 is 5.32 Å². The number of hydrogen-bond acceptors (Lipinski definition) is 3. The van der Waals surface area contributed by atoms with Gasteiger partial charge in [0.15, 0.2) is 5.13 Å². The lowest BCUT2D eigenvalue weighted by atomic mass is 10.1. The standard InChI is InChI=1S/C12H13FN2OS/c1-7(2)5-11(16)15-12-14-9-4-3-8(13)6-10(9)17-12/h3-4,6-7H,5H2,1-2H3,(H,14,15,16). The molecule has 0 radical (unpaired) electrons. The highest BCUT2D eigenvalue weighted by atomic mass is 32.1. The average Bonchev–Trinajstić information content (AvgIpc) is 2.57. The van der Waals surface area contributed by atoms with Gasteiger partial charge in [-0.2, -0.15) is 0 Å². The third kappa shape index (κ3) is 3.00. The maximum atomic E-state index is 13.0. The van der Waals surface area contributed by atoms with Crippen molar-refractivity contribution in [1.82, 2.24) is 4.98 Å². The molecule has 2 rings (SSSR count). The van der Waals surface area contributed by atoms with Crippen LogP contribution in [0.1, 0.15) is 20.3 Å². The second-order valence-electron chi connectivity index (χ2n) is 4.28. The largest absolute Gasteiger partial charge is 0.302 e. The number of fused-ring (bicyclic) bond motifs is 1. The summed E-state index contributed by atoms with van der Waals surface area (Å²) in [5.41, 5.74) is 0.705. The van der Waals surface area contributed by atoms with Crippen molar-refractivity contribution in [2.45, 2.75) is 20.3 Å². The summed E-state index contributed by atoms with van der Waals surface area (Å²) < 4.78 is 13.7.